The molecule has 0 spiro atoms. The van der Waals surface area contributed by atoms with E-state index in [1.807, 2.05) is 13.8 Å². The Morgan fingerprint density at radius 1 is 0.515 bits per heavy atom. The number of halogens is 6. The predicted octanol–water partition coefficient (Wildman–Crippen LogP) is 7.60. The number of alkyl halides is 6. The first-order valence-electron chi connectivity index (χ1n) is 20.2. The van der Waals surface area contributed by atoms with E-state index in [4.69, 9.17) is 10.3 Å². The maximum Gasteiger partial charge on any atom is 0.435 e. The molecule has 14 nitrogen and oxygen atoms in total. The summed E-state index contributed by atoms with van der Waals surface area (Å²) in [5, 5.41) is 22.9. The number of nitrogens with two attached hydrogens (primary N) is 2. The van der Waals surface area contributed by atoms with Gasteiger partial charge in [0.25, 0.3) is 0 Å². The number of carbonyl (C=O) groups is 2. The molecule has 66 heavy (non-hydrogen) atoms. The maximum absolute atomic E-state index is 13.1. The van der Waals surface area contributed by atoms with E-state index in [0.29, 0.717) is 11.1 Å². The van der Waals surface area contributed by atoms with Crippen molar-refractivity contribution in [1.82, 2.24) is 30.2 Å². The van der Waals surface area contributed by atoms with Crippen LogP contribution in [-0.4, -0.2) is 61.3 Å². The molecule has 4 aromatic carbocycles. The van der Waals surface area contributed by atoms with Gasteiger partial charge in [0, 0.05) is 37.1 Å². The molecule has 8 rings (SSSR count). The Morgan fingerprint density at radius 2 is 0.833 bits per heavy atom. The first kappa shape index (κ1) is 50.6. The van der Waals surface area contributed by atoms with Gasteiger partial charge in [-0.2, -0.15) is 36.5 Å². The lowest BCUT2D eigenvalue weighted by Crippen LogP contribution is -2.28. The van der Waals surface area contributed by atoms with Gasteiger partial charge in [-0.05, 0) is 100 Å². The summed E-state index contributed by atoms with van der Waals surface area (Å²) in [6.07, 6.45) is -3.27. The monoisotopic (exact) mass is 960 g/mol. The van der Waals surface area contributed by atoms with Gasteiger partial charge in [-0.25, -0.2) is 36.5 Å². The Bertz CT molecular complexity index is 2620. The lowest BCUT2D eigenvalue weighted by molar-refractivity contribution is -0.142. The van der Waals surface area contributed by atoms with Crippen molar-refractivity contribution in [3.63, 3.8) is 0 Å². The van der Waals surface area contributed by atoms with Gasteiger partial charge in [-0.3, -0.25) is 9.59 Å². The average molecular weight is 961 g/mol. The molecule has 2 aromatic heterocycles. The van der Waals surface area contributed by atoms with Crippen LogP contribution >= 0.6 is 0 Å². The highest BCUT2D eigenvalue weighted by Gasteiger charge is 2.36. The van der Waals surface area contributed by atoms with E-state index >= 15 is 0 Å². The van der Waals surface area contributed by atoms with Crippen molar-refractivity contribution in [3.05, 3.63) is 132 Å². The van der Waals surface area contributed by atoms with Crippen LogP contribution in [0, 0.1) is 13.8 Å². The van der Waals surface area contributed by atoms with E-state index in [-0.39, 0.29) is 44.4 Å². The molecular weight excluding hydrogens is 915 g/mol. The summed E-state index contributed by atoms with van der Waals surface area (Å²) in [6, 6.07) is 26.1. The second kappa shape index (κ2) is 21.3. The number of nitrogens with one attached hydrogen (secondary N) is 2. The van der Waals surface area contributed by atoms with Crippen LogP contribution in [0.5, 0.6) is 0 Å². The van der Waals surface area contributed by atoms with E-state index < -0.39 is 43.8 Å². The molecule has 0 atom stereocenters. The average Bonchev–Trinajstić information content (AvgIpc) is 3.93. The number of amides is 2. The fraction of sp³-hybridized carbons (Fsp3) is 0.273. The Labute approximate surface area is 377 Å². The highest BCUT2D eigenvalue weighted by Crippen LogP contribution is 2.35. The number of aryl methyl sites for hydroxylation is 2. The number of benzene rings is 4. The number of carbonyl (C=O) groups excluding carboxylic acids is 2. The molecule has 6 N–H and O–H groups in total. The standard InChI is InChI=1S/2C17H14F3N3O2S.2C5H9NO/c2*1-11-2-4-12(5-3-11)15-10-16(17(18,19)20)22-23(15)13-6-8-14(9-7-13)26(21,24)25;2*7-5-3-1-2-4-6-5/h2*2-10H,1H3,(H2,21,24,25);2*1-4H2,(H,6,7). The van der Waals surface area contributed by atoms with Gasteiger partial charge in [0.05, 0.1) is 32.6 Å². The molecule has 0 radical (unpaired) electrons. The number of hydrogen-bond donors (Lipinski definition) is 4. The predicted molar refractivity (Wildman–Crippen MR) is 234 cm³/mol. The zero-order valence-corrected chi connectivity index (χ0v) is 37.2. The molecule has 0 unspecified atom stereocenters. The van der Waals surface area contributed by atoms with E-state index in [2.05, 4.69) is 20.8 Å². The molecule has 2 amide bonds. The summed E-state index contributed by atoms with van der Waals surface area (Å²) in [7, 11) is -7.79. The van der Waals surface area contributed by atoms with Gasteiger partial charge < -0.3 is 10.6 Å². The Balaban J connectivity index is 0.000000191. The van der Waals surface area contributed by atoms with Crippen molar-refractivity contribution < 1.29 is 52.8 Å². The zero-order valence-electron chi connectivity index (χ0n) is 35.5. The van der Waals surface area contributed by atoms with Crippen LogP contribution in [0.1, 0.15) is 61.0 Å². The second-order valence-corrected chi connectivity index (χ2v) is 18.2. The number of sulfonamides is 2. The van der Waals surface area contributed by atoms with E-state index in [9.17, 15) is 52.8 Å². The van der Waals surface area contributed by atoms with Crippen LogP contribution in [0.4, 0.5) is 26.3 Å². The first-order chi connectivity index (χ1) is 30.9. The molecule has 6 aromatic rings. The summed E-state index contributed by atoms with van der Waals surface area (Å²) in [5.74, 6) is 0.428. The third-order valence-electron chi connectivity index (χ3n) is 9.82. The van der Waals surface area contributed by atoms with Crippen molar-refractivity contribution in [2.24, 2.45) is 10.3 Å². The summed E-state index contributed by atoms with van der Waals surface area (Å²) in [4.78, 5) is 20.4. The maximum atomic E-state index is 13.1. The first-order valence-corrected chi connectivity index (χ1v) is 23.3. The van der Waals surface area contributed by atoms with E-state index in [1.54, 1.807) is 48.5 Å². The molecule has 0 bridgehead atoms. The number of piperidine rings is 2. The highest BCUT2D eigenvalue weighted by atomic mass is 32.2. The molecule has 0 saturated carbocycles. The van der Waals surface area contributed by atoms with Crippen LogP contribution in [0.25, 0.3) is 33.9 Å². The van der Waals surface area contributed by atoms with Crippen molar-refractivity contribution in [3.8, 4) is 33.9 Å². The van der Waals surface area contributed by atoms with Crippen LogP contribution < -0.4 is 20.9 Å². The summed E-state index contributed by atoms with van der Waals surface area (Å²) < 4.78 is 126. The Hall–Kier alpha value is -6.36. The SMILES string of the molecule is Cc1ccc(-c2cc(C(F)(F)F)nn2-c2ccc(S(N)(=O)=O)cc2)cc1.Cc1ccc(-c2cc(C(F)(F)F)nn2-c2ccc(S(N)(=O)=O)cc2)cc1.O=C1CCCCN1.O=C1CCCCN1. The minimum absolute atomic E-state index is 0.138. The van der Waals surface area contributed by atoms with Gasteiger partial charge in [-0.1, -0.05) is 59.7 Å². The fourth-order valence-corrected chi connectivity index (χ4v) is 7.33. The molecule has 2 saturated heterocycles. The molecule has 0 aliphatic carbocycles. The molecule has 2 aliphatic heterocycles. The lowest BCUT2D eigenvalue weighted by atomic mass is 10.1. The summed E-state index contributed by atoms with van der Waals surface area (Å²) in [6.45, 7) is 5.51. The fourth-order valence-electron chi connectivity index (χ4n) is 6.30. The molecule has 4 heterocycles. The summed E-state index contributed by atoms with van der Waals surface area (Å²) >= 11 is 0. The van der Waals surface area contributed by atoms with Crippen molar-refractivity contribution >= 4 is 31.9 Å². The number of aromatic nitrogens is 4. The largest absolute Gasteiger partial charge is 0.435 e. The third kappa shape index (κ3) is 14.3. The van der Waals surface area contributed by atoms with Crippen molar-refractivity contribution in [2.75, 3.05) is 13.1 Å². The van der Waals surface area contributed by atoms with Crippen LogP contribution in [0.3, 0.4) is 0 Å². The van der Waals surface area contributed by atoms with Gasteiger partial charge in [-0.15, -0.1) is 0 Å². The number of primary sulfonamides is 2. The Kier molecular flexibility index (Phi) is 16.3. The number of hydrogen-bond acceptors (Lipinski definition) is 8. The minimum atomic E-state index is -4.61. The van der Waals surface area contributed by atoms with Crippen LogP contribution in [0.2, 0.25) is 0 Å². The molecule has 2 aliphatic rings. The number of nitrogens with zero attached hydrogens (tertiary/aromatic N) is 4. The van der Waals surface area contributed by atoms with Gasteiger partial charge in [0.2, 0.25) is 31.9 Å². The van der Waals surface area contributed by atoms with Gasteiger partial charge in [0.15, 0.2) is 11.4 Å². The van der Waals surface area contributed by atoms with Gasteiger partial charge in [0.1, 0.15) is 0 Å². The van der Waals surface area contributed by atoms with E-state index in [0.717, 1.165) is 84.2 Å². The van der Waals surface area contributed by atoms with Gasteiger partial charge >= 0.3 is 12.4 Å². The molecule has 352 valence electrons. The quantitative estimate of drug-likeness (QED) is 0.122. The lowest BCUT2D eigenvalue weighted by Gasteiger charge is -2.09. The summed E-state index contributed by atoms with van der Waals surface area (Å²) in [5.41, 5.74) is 1.99. The topological polar surface area (TPSA) is 214 Å². The van der Waals surface area contributed by atoms with Crippen LogP contribution in [-0.2, 0) is 42.0 Å². The molecule has 22 heteroatoms. The van der Waals surface area contributed by atoms with Crippen molar-refractivity contribution in [1.29, 1.82) is 0 Å². The smallest absolute Gasteiger partial charge is 0.356 e. The number of rotatable bonds is 6. The van der Waals surface area contributed by atoms with Crippen molar-refractivity contribution in [2.45, 2.75) is 74.5 Å². The van der Waals surface area contributed by atoms with Crippen LogP contribution in [0.15, 0.2) is 119 Å². The molecular formula is C44H46F6N8O6S2. The minimum Gasteiger partial charge on any atom is -0.356 e. The highest BCUT2D eigenvalue weighted by molar-refractivity contribution is 7.89. The third-order valence-corrected chi connectivity index (χ3v) is 11.7. The Morgan fingerprint density at radius 3 is 1.06 bits per heavy atom. The molecule has 2 fully saturated rings. The normalized spacial score (nSPS) is 14.3. The van der Waals surface area contributed by atoms with E-state index in [1.165, 1.54) is 48.5 Å². The second-order valence-electron chi connectivity index (χ2n) is 15.1. The zero-order chi connectivity index (χ0) is 48.5.